The van der Waals surface area contributed by atoms with Crippen molar-refractivity contribution >= 4 is 58.0 Å². The summed E-state index contributed by atoms with van der Waals surface area (Å²) >= 11 is 0. The maximum absolute atomic E-state index is 12.3. The van der Waals surface area contributed by atoms with E-state index in [0.29, 0.717) is 35.5 Å². The van der Waals surface area contributed by atoms with Crippen LogP contribution in [0.2, 0.25) is 0 Å². The molecule has 0 bridgehead atoms. The number of benzene rings is 4. The van der Waals surface area contributed by atoms with Gasteiger partial charge in [-0.1, -0.05) is 159 Å². The van der Waals surface area contributed by atoms with Gasteiger partial charge in [0.25, 0.3) is 10.1 Å². The molecule has 0 unspecified atom stereocenters. The van der Waals surface area contributed by atoms with Gasteiger partial charge in [-0.2, -0.15) is 8.42 Å². The Kier molecular flexibility index (Phi) is 25.4. The van der Waals surface area contributed by atoms with E-state index < -0.39 is 35.8 Å². The fourth-order valence-electron chi connectivity index (χ4n) is 6.61. The fraction of sp³-hybridized carbons (Fsp3) is 0.478. The maximum atomic E-state index is 12.3. The van der Waals surface area contributed by atoms with Crippen molar-refractivity contribution in [3.8, 4) is 34.5 Å². The number of para-hydroxylation sites is 2. The molecule has 10 nitrogen and oxygen atoms in total. The zero-order valence-corrected chi connectivity index (χ0v) is 38.8. The molecule has 0 saturated heterocycles. The minimum atomic E-state index is -4.81. The van der Waals surface area contributed by atoms with Gasteiger partial charge in [-0.05, 0) is 73.7 Å². The molecule has 4 aromatic carbocycles. The van der Waals surface area contributed by atoms with Gasteiger partial charge in [-0.15, -0.1) is 5.75 Å². The number of aromatic hydroxyl groups is 1. The molecule has 2 N–H and O–H groups in total. The van der Waals surface area contributed by atoms with Crippen LogP contribution in [0.3, 0.4) is 0 Å². The molecule has 0 heterocycles. The van der Waals surface area contributed by atoms with E-state index in [1.165, 1.54) is 89.2 Å². The second-order valence-electron chi connectivity index (χ2n) is 14.8. The van der Waals surface area contributed by atoms with Crippen molar-refractivity contribution in [3.63, 3.8) is 0 Å². The van der Waals surface area contributed by atoms with Gasteiger partial charge in [0.2, 0.25) is 0 Å². The van der Waals surface area contributed by atoms with Crippen molar-refractivity contribution in [3.05, 3.63) is 96.1 Å². The molecule has 0 aromatic heterocycles. The Balaban J connectivity index is 0.000000400. The van der Waals surface area contributed by atoms with E-state index in [1.807, 2.05) is 6.07 Å². The molecule has 13 heteroatoms. The largest absolute Gasteiger partial charge is 2.00 e. The summed E-state index contributed by atoms with van der Waals surface area (Å²) in [5, 5.41) is 22.5. The van der Waals surface area contributed by atoms with Crippen LogP contribution in [0.4, 0.5) is 0 Å². The Labute approximate surface area is 383 Å². The Morgan fingerprint density at radius 3 is 1.31 bits per heavy atom. The monoisotopic (exact) mass is 878 g/mol. The standard InChI is InChI=1S/2C23H32O5S.Ca/c2*1-2-3-4-5-6-7-8-9-11-14-19-17-22(28-20-15-12-10-13-16-20)23(18-21(19)24)29(25,26)27;/h2*10,12-13,15-18,24H,2-9,11,14H2,1H3,(H,25,26,27);/q;;+2/p-2. The van der Waals surface area contributed by atoms with Crippen molar-refractivity contribution in [2.75, 3.05) is 0 Å². The Bertz CT molecular complexity index is 1850. The van der Waals surface area contributed by atoms with Crippen LogP contribution in [-0.2, 0) is 33.1 Å². The zero-order valence-electron chi connectivity index (χ0n) is 34.9. The van der Waals surface area contributed by atoms with E-state index in [4.69, 9.17) is 9.47 Å². The molecular weight excluding hydrogens is 817 g/mol. The van der Waals surface area contributed by atoms with Crippen LogP contribution in [0, 0.1) is 0 Å². The molecular formula is C46H62CaO10S2. The SMILES string of the molecule is CCCCCCCCCCCc1cc(Oc2ccccc2)c(S(=O)(=O)O)cc1O.CCCCCCCCCCCc1cc(Oc2ccccc2)c(S(=O)(=O)[O-])cc1[O-].[Ca+2]. The molecule has 0 fully saturated rings. The van der Waals surface area contributed by atoms with Gasteiger partial charge in [-0.3, -0.25) is 4.55 Å². The predicted octanol–water partition coefficient (Wildman–Crippen LogP) is 11.7. The molecule has 0 aliphatic heterocycles. The van der Waals surface area contributed by atoms with Crippen LogP contribution in [0.1, 0.15) is 141 Å². The number of unbranched alkanes of at least 4 members (excludes halogenated alkanes) is 16. The summed E-state index contributed by atoms with van der Waals surface area (Å²) in [5.74, 6) is 0.221. The van der Waals surface area contributed by atoms with Crippen LogP contribution in [0.25, 0.3) is 0 Å². The third kappa shape index (κ3) is 20.5. The van der Waals surface area contributed by atoms with Gasteiger partial charge >= 0.3 is 37.7 Å². The number of ether oxygens (including phenoxy) is 2. The van der Waals surface area contributed by atoms with Crippen molar-refractivity contribution < 1.29 is 45.6 Å². The van der Waals surface area contributed by atoms with E-state index in [2.05, 4.69) is 13.8 Å². The minimum Gasteiger partial charge on any atom is -0.872 e. The Hall–Kier alpha value is -2.84. The van der Waals surface area contributed by atoms with Gasteiger partial charge in [0.1, 0.15) is 43.8 Å². The molecule has 0 amide bonds. The van der Waals surface area contributed by atoms with E-state index >= 15 is 0 Å². The number of rotatable bonds is 26. The van der Waals surface area contributed by atoms with Crippen molar-refractivity contribution in [2.24, 2.45) is 0 Å². The summed E-state index contributed by atoms with van der Waals surface area (Å²) in [4.78, 5) is -1.04. The summed E-state index contributed by atoms with van der Waals surface area (Å²) in [7, 11) is -9.33. The molecule has 59 heavy (non-hydrogen) atoms. The number of phenols is 1. The molecule has 0 radical (unpaired) electrons. The maximum Gasteiger partial charge on any atom is 2.00 e. The normalized spacial score (nSPS) is 11.3. The first kappa shape index (κ1) is 52.3. The van der Waals surface area contributed by atoms with Crippen LogP contribution in [0.5, 0.6) is 34.5 Å². The van der Waals surface area contributed by atoms with E-state index in [1.54, 1.807) is 54.6 Å². The molecule has 4 rings (SSSR count). The second-order valence-corrected chi connectivity index (χ2v) is 17.5. The van der Waals surface area contributed by atoms with Crippen LogP contribution >= 0.6 is 0 Å². The van der Waals surface area contributed by atoms with Gasteiger partial charge in [0, 0.05) is 6.07 Å². The summed E-state index contributed by atoms with van der Waals surface area (Å²) < 4.78 is 78.8. The van der Waals surface area contributed by atoms with Crippen molar-refractivity contribution in [1.29, 1.82) is 0 Å². The number of phenolic OH excluding ortho intramolecular Hbond substituents is 1. The quantitative estimate of drug-likeness (QED) is 0.0351. The molecule has 0 atom stereocenters. The fourth-order valence-corrected chi connectivity index (χ4v) is 7.82. The molecule has 320 valence electrons. The van der Waals surface area contributed by atoms with Crippen LogP contribution in [0.15, 0.2) is 94.7 Å². The van der Waals surface area contributed by atoms with Gasteiger partial charge in [0.05, 0.1) is 4.90 Å². The van der Waals surface area contributed by atoms with E-state index in [9.17, 15) is 36.2 Å². The predicted molar refractivity (Wildman–Crippen MR) is 232 cm³/mol. The Morgan fingerprint density at radius 2 is 0.898 bits per heavy atom. The topological polar surface area (TPSA) is 173 Å². The van der Waals surface area contributed by atoms with Gasteiger partial charge in [-0.25, -0.2) is 8.42 Å². The number of hydrogen-bond donors (Lipinski definition) is 2. The second kappa shape index (κ2) is 28.6. The average molecular weight is 879 g/mol. The zero-order chi connectivity index (χ0) is 42.2. The number of aryl methyl sites for hydroxylation is 2. The summed E-state index contributed by atoms with van der Waals surface area (Å²) in [6, 6.07) is 22.2. The van der Waals surface area contributed by atoms with Crippen molar-refractivity contribution in [2.45, 2.75) is 152 Å². The van der Waals surface area contributed by atoms with E-state index in [-0.39, 0.29) is 55.0 Å². The third-order valence-corrected chi connectivity index (χ3v) is 11.6. The minimum absolute atomic E-state index is 0. The Morgan fingerprint density at radius 1 is 0.525 bits per heavy atom. The molecule has 0 saturated carbocycles. The van der Waals surface area contributed by atoms with Crippen LogP contribution in [-0.4, -0.2) is 68.8 Å². The molecule has 4 aromatic rings. The smallest absolute Gasteiger partial charge is 0.872 e. The van der Waals surface area contributed by atoms with E-state index in [0.717, 1.165) is 50.7 Å². The first-order valence-corrected chi connectivity index (χ1v) is 23.8. The van der Waals surface area contributed by atoms with Gasteiger partial charge in [0.15, 0.2) is 0 Å². The van der Waals surface area contributed by atoms with Crippen molar-refractivity contribution in [1.82, 2.24) is 0 Å². The first-order chi connectivity index (χ1) is 27.8. The average Bonchev–Trinajstić information content (AvgIpc) is 3.18. The molecule has 0 aliphatic rings. The molecule has 0 spiro atoms. The summed E-state index contributed by atoms with van der Waals surface area (Å²) in [5.41, 5.74) is 1.09. The molecule has 0 aliphatic carbocycles. The van der Waals surface area contributed by atoms with Crippen LogP contribution < -0.4 is 14.6 Å². The van der Waals surface area contributed by atoms with Gasteiger partial charge < -0.3 is 24.2 Å². The summed E-state index contributed by atoms with van der Waals surface area (Å²) in [6.07, 6.45) is 22.5. The number of hydrogen-bond acceptors (Lipinski definition) is 9. The summed E-state index contributed by atoms with van der Waals surface area (Å²) in [6.45, 7) is 4.42. The third-order valence-electron chi connectivity index (χ3n) is 9.86. The first-order valence-electron chi connectivity index (χ1n) is 20.9.